The number of unbranched alkanes of at least 4 members (excludes halogenated alkanes) is 7. The average molecular weight is 388 g/mol. The van der Waals surface area contributed by atoms with E-state index in [1.54, 1.807) is 0 Å². The Hall–Kier alpha value is 0.480. The Kier molecular flexibility index (Phi) is 11.3. The Morgan fingerprint density at radius 1 is 1.00 bits per heavy atom. The molecule has 1 aliphatic rings. The van der Waals surface area contributed by atoms with Gasteiger partial charge in [0.2, 0.25) is 0 Å². The third kappa shape index (κ3) is 6.86. The third-order valence-corrected chi connectivity index (χ3v) is 11.4. The van der Waals surface area contributed by atoms with Crippen LogP contribution >= 0.6 is 20.2 Å². The van der Waals surface area contributed by atoms with Gasteiger partial charge in [-0.05, 0) is 0 Å². The van der Waals surface area contributed by atoms with E-state index in [-0.39, 0.29) is 0 Å². The molecule has 2 atom stereocenters. The van der Waals surface area contributed by atoms with Crippen molar-refractivity contribution in [3.8, 4) is 0 Å². The minimum absolute atomic E-state index is 0.365. The van der Waals surface area contributed by atoms with Gasteiger partial charge in [-0.25, -0.2) is 0 Å². The summed E-state index contributed by atoms with van der Waals surface area (Å²) in [6.07, 6.45) is 21.3. The minimum atomic E-state index is -1.25. The van der Waals surface area contributed by atoms with Gasteiger partial charge in [-0.3, -0.25) is 0 Å². The van der Waals surface area contributed by atoms with Crippen LogP contribution in [0, 0.1) is 5.92 Å². The first-order chi connectivity index (χ1) is 11.9. The second-order valence-corrected chi connectivity index (χ2v) is 14.2. The predicted octanol–water partition coefficient (Wildman–Crippen LogP) is 7.72. The first-order valence-corrected chi connectivity index (χ1v) is 14.6. The van der Waals surface area contributed by atoms with Gasteiger partial charge < -0.3 is 0 Å². The molecule has 2 unspecified atom stereocenters. The zero-order valence-corrected chi connectivity index (χ0v) is 19.6. The van der Waals surface area contributed by atoms with Crippen LogP contribution in [0.3, 0.4) is 0 Å². The predicted molar refractivity (Wildman–Crippen MR) is 124 cm³/mol. The average Bonchev–Trinajstić information content (AvgIpc) is 2.59. The summed E-state index contributed by atoms with van der Waals surface area (Å²) in [6.45, 7) is 13.6. The van der Waals surface area contributed by atoms with E-state index >= 15 is 0 Å². The van der Waals surface area contributed by atoms with Crippen LogP contribution in [-0.2, 0) is 0 Å². The molecule has 1 fully saturated rings. The molecule has 0 N–H and O–H groups in total. The van der Waals surface area contributed by atoms with E-state index in [9.17, 15) is 0 Å². The SMILES string of the molecule is C=CCCC1(C(CCCCCC)CCCCCCC)C[PH](C)(C)N1S. The molecule has 0 saturated carbocycles. The molecule has 3 heteroatoms. The molecular formula is C22H46NPS. The van der Waals surface area contributed by atoms with Crippen molar-refractivity contribution < 1.29 is 0 Å². The second-order valence-electron chi connectivity index (χ2n) is 8.98. The molecule has 150 valence electrons. The van der Waals surface area contributed by atoms with E-state index in [0.717, 1.165) is 12.3 Å². The maximum absolute atomic E-state index is 5.06. The maximum atomic E-state index is 5.06. The van der Waals surface area contributed by atoms with E-state index in [0.29, 0.717) is 5.54 Å². The number of hydrogen-bond donors (Lipinski definition) is 1. The van der Waals surface area contributed by atoms with Crippen molar-refractivity contribution in [2.45, 2.75) is 103 Å². The summed E-state index contributed by atoms with van der Waals surface area (Å²) in [7, 11) is -1.25. The van der Waals surface area contributed by atoms with Crippen LogP contribution in [0.4, 0.5) is 0 Å². The van der Waals surface area contributed by atoms with Crippen molar-refractivity contribution in [3.05, 3.63) is 12.7 Å². The molecule has 0 aromatic carbocycles. The molecule has 25 heavy (non-hydrogen) atoms. The third-order valence-electron chi connectivity index (χ3n) is 6.34. The molecule has 1 heterocycles. The van der Waals surface area contributed by atoms with Crippen LogP contribution in [0.2, 0.25) is 0 Å². The molecule has 1 nitrogen and oxygen atoms in total. The quantitative estimate of drug-likeness (QED) is 0.130. The Bertz CT molecular complexity index is 371. The molecule has 1 aliphatic heterocycles. The fourth-order valence-electron chi connectivity index (χ4n) is 4.97. The fourth-order valence-corrected chi connectivity index (χ4v) is 9.24. The Morgan fingerprint density at radius 2 is 1.52 bits per heavy atom. The molecule has 0 aliphatic carbocycles. The first-order valence-electron chi connectivity index (χ1n) is 11.0. The van der Waals surface area contributed by atoms with Crippen molar-refractivity contribution in [2.24, 2.45) is 5.92 Å². The Labute approximate surface area is 165 Å². The summed E-state index contributed by atoms with van der Waals surface area (Å²) in [6, 6.07) is 0. The summed E-state index contributed by atoms with van der Waals surface area (Å²) in [5.41, 5.74) is 0.365. The molecule has 0 bridgehead atoms. The zero-order chi connectivity index (χ0) is 18.8. The van der Waals surface area contributed by atoms with Crippen LogP contribution in [0.15, 0.2) is 12.7 Å². The van der Waals surface area contributed by atoms with Gasteiger partial charge in [0.25, 0.3) is 0 Å². The normalized spacial score (nSPS) is 25.3. The van der Waals surface area contributed by atoms with Crippen LogP contribution in [0.1, 0.15) is 97.3 Å². The van der Waals surface area contributed by atoms with Crippen LogP contribution in [0.25, 0.3) is 0 Å². The molecule has 0 aromatic rings. The van der Waals surface area contributed by atoms with Crippen LogP contribution in [0.5, 0.6) is 0 Å². The summed E-state index contributed by atoms with van der Waals surface area (Å²) in [4.78, 5) is 0. The molecular weight excluding hydrogens is 341 g/mol. The van der Waals surface area contributed by atoms with Gasteiger partial charge in [0, 0.05) is 0 Å². The van der Waals surface area contributed by atoms with Gasteiger partial charge in [-0.2, -0.15) is 0 Å². The van der Waals surface area contributed by atoms with Crippen LogP contribution in [-0.4, -0.2) is 29.1 Å². The second kappa shape index (κ2) is 12.0. The number of nitrogens with zero attached hydrogens (tertiary/aromatic N) is 1. The molecule has 0 aromatic heterocycles. The number of allylic oxidation sites excluding steroid dienone is 1. The first kappa shape index (κ1) is 23.5. The topological polar surface area (TPSA) is 3.24 Å². The molecule has 1 rings (SSSR count). The van der Waals surface area contributed by atoms with E-state index in [4.69, 9.17) is 12.8 Å². The fraction of sp³-hybridized carbons (Fsp3) is 0.909. The van der Waals surface area contributed by atoms with Gasteiger partial charge in [0.1, 0.15) is 0 Å². The van der Waals surface area contributed by atoms with Gasteiger partial charge in [-0.1, -0.05) is 0 Å². The van der Waals surface area contributed by atoms with Crippen molar-refractivity contribution in [1.29, 1.82) is 0 Å². The Morgan fingerprint density at radius 3 is 1.96 bits per heavy atom. The van der Waals surface area contributed by atoms with Crippen molar-refractivity contribution in [2.75, 3.05) is 19.5 Å². The van der Waals surface area contributed by atoms with Crippen molar-refractivity contribution >= 4 is 20.2 Å². The summed E-state index contributed by atoms with van der Waals surface area (Å²) in [5.74, 6) is 0.837. The summed E-state index contributed by atoms with van der Waals surface area (Å²) < 4.78 is 2.57. The van der Waals surface area contributed by atoms with Gasteiger partial charge in [0.15, 0.2) is 0 Å². The Balaban J connectivity index is 2.71. The zero-order valence-electron chi connectivity index (χ0n) is 17.7. The monoisotopic (exact) mass is 387 g/mol. The molecule has 0 spiro atoms. The molecule has 1 saturated heterocycles. The summed E-state index contributed by atoms with van der Waals surface area (Å²) in [5, 5.41) is 0. The van der Waals surface area contributed by atoms with Gasteiger partial charge >= 0.3 is 165 Å². The van der Waals surface area contributed by atoms with E-state index < -0.39 is 7.41 Å². The standard InChI is InChI=1S/C22H46NPS/c1-6-9-12-14-16-18-21(17-15-13-10-7-2)22(19-11-8-3)20-24(4,5)23(22)25/h8,21,24-25H,3,6-7,9-20H2,1-2,4-5H3. The summed E-state index contributed by atoms with van der Waals surface area (Å²) >= 11 is 5.06. The number of rotatable bonds is 15. The van der Waals surface area contributed by atoms with Crippen LogP contribution < -0.4 is 0 Å². The van der Waals surface area contributed by atoms with Gasteiger partial charge in [-0.15, -0.1) is 0 Å². The number of hydrogen-bond acceptors (Lipinski definition) is 2. The van der Waals surface area contributed by atoms with E-state index in [1.165, 1.54) is 83.2 Å². The molecule has 0 radical (unpaired) electrons. The van der Waals surface area contributed by atoms with Crippen molar-refractivity contribution in [3.63, 3.8) is 0 Å². The number of thiol groups is 1. The molecule has 0 amide bonds. The van der Waals surface area contributed by atoms with Gasteiger partial charge in [0.05, 0.1) is 0 Å². The van der Waals surface area contributed by atoms with Crippen molar-refractivity contribution in [1.82, 2.24) is 4.08 Å². The van der Waals surface area contributed by atoms with E-state index in [1.807, 2.05) is 0 Å². The van der Waals surface area contributed by atoms with E-state index in [2.05, 4.69) is 43.9 Å².